The monoisotopic (exact) mass is 371 g/mol. The molecule has 0 spiro atoms. The number of amides is 1. The Labute approximate surface area is 148 Å². The Hall–Kier alpha value is -1.09. The van der Waals surface area contributed by atoms with Gasteiger partial charge in [-0.15, -0.1) is 16.4 Å². The molecule has 0 unspecified atom stereocenters. The molecule has 3 rings (SSSR count). The quantitative estimate of drug-likeness (QED) is 0.817. The van der Waals surface area contributed by atoms with Crippen LogP contribution in [0.1, 0.15) is 10.7 Å². The standard InChI is InChI=1S/C14H18ClN5OS2/c1-10-16-14(18-17-10)22-9-13(21)20-6-4-19(5-7-20)8-11-2-3-12(15)23-11/h2-3H,4-9H2,1H3,(H,16,17,18). The highest BCUT2D eigenvalue weighted by Gasteiger charge is 2.21. The Balaban J connectivity index is 1.42. The van der Waals surface area contributed by atoms with Crippen molar-refractivity contribution in [3.63, 3.8) is 0 Å². The van der Waals surface area contributed by atoms with Crippen LogP contribution in [0.15, 0.2) is 17.3 Å². The first-order chi connectivity index (χ1) is 11.1. The second-order valence-corrected chi connectivity index (χ2v) is 8.10. The van der Waals surface area contributed by atoms with Gasteiger partial charge in [0.2, 0.25) is 11.1 Å². The Morgan fingerprint density at radius 2 is 2.17 bits per heavy atom. The van der Waals surface area contributed by atoms with Gasteiger partial charge in [0.25, 0.3) is 0 Å². The van der Waals surface area contributed by atoms with E-state index in [0.29, 0.717) is 10.9 Å². The number of aryl methyl sites for hydroxylation is 1. The number of thiophene rings is 1. The average Bonchev–Trinajstić information content (AvgIpc) is 3.14. The second kappa shape index (κ2) is 7.65. The van der Waals surface area contributed by atoms with Crippen LogP contribution < -0.4 is 0 Å². The first-order valence-electron chi connectivity index (χ1n) is 7.36. The van der Waals surface area contributed by atoms with Crippen LogP contribution >= 0.6 is 34.7 Å². The van der Waals surface area contributed by atoms with Gasteiger partial charge in [0, 0.05) is 37.6 Å². The van der Waals surface area contributed by atoms with Gasteiger partial charge in [-0.2, -0.15) is 0 Å². The predicted molar refractivity (Wildman–Crippen MR) is 93.0 cm³/mol. The molecule has 3 heterocycles. The minimum Gasteiger partial charge on any atom is -0.339 e. The Kier molecular flexibility index (Phi) is 5.58. The normalized spacial score (nSPS) is 16.0. The number of hydrogen-bond acceptors (Lipinski definition) is 6. The van der Waals surface area contributed by atoms with Crippen LogP contribution in [0.25, 0.3) is 0 Å². The summed E-state index contributed by atoms with van der Waals surface area (Å²) >= 11 is 8.96. The maximum atomic E-state index is 12.3. The fourth-order valence-electron chi connectivity index (χ4n) is 2.42. The lowest BCUT2D eigenvalue weighted by atomic mass is 10.3. The SMILES string of the molecule is Cc1nc(SCC(=O)N2CCN(Cc3ccc(Cl)s3)CC2)n[nH]1. The predicted octanol–water partition coefficient (Wildman–Crippen LogP) is 2.26. The molecule has 23 heavy (non-hydrogen) atoms. The highest BCUT2D eigenvalue weighted by Crippen LogP contribution is 2.23. The number of nitrogens with one attached hydrogen (secondary N) is 1. The Bertz CT molecular complexity index is 666. The highest BCUT2D eigenvalue weighted by atomic mass is 35.5. The molecule has 2 aromatic rings. The van der Waals surface area contributed by atoms with Crippen LogP contribution in [0.3, 0.4) is 0 Å². The smallest absolute Gasteiger partial charge is 0.233 e. The summed E-state index contributed by atoms with van der Waals surface area (Å²) in [5.74, 6) is 1.30. The molecule has 0 aromatic carbocycles. The van der Waals surface area contributed by atoms with Gasteiger partial charge in [-0.3, -0.25) is 14.8 Å². The van der Waals surface area contributed by atoms with Crippen LogP contribution in [-0.2, 0) is 11.3 Å². The number of halogens is 1. The molecule has 0 saturated carbocycles. The molecule has 124 valence electrons. The Morgan fingerprint density at radius 1 is 1.39 bits per heavy atom. The number of carbonyl (C=O) groups excluding carboxylic acids is 1. The lowest BCUT2D eigenvalue weighted by molar-refractivity contribution is -0.130. The largest absolute Gasteiger partial charge is 0.339 e. The van der Waals surface area contributed by atoms with Crippen molar-refractivity contribution in [3.8, 4) is 0 Å². The minimum atomic E-state index is 0.149. The summed E-state index contributed by atoms with van der Waals surface area (Å²) in [7, 11) is 0. The number of piperazine rings is 1. The van der Waals surface area contributed by atoms with Gasteiger partial charge in [0.15, 0.2) is 0 Å². The van der Waals surface area contributed by atoms with Crippen LogP contribution in [0, 0.1) is 6.92 Å². The summed E-state index contributed by atoms with van der Waals surface area (Å²) in [4.78, 5) is 22.0. The van der Waals surface area contributed by atoms with Gasteiger partial charge in [-0.25, -0.2) is 4.98 Å². The summed E-state index contributed by atoms with van der Waals surface area (Å²) in [6.07, 6.45) is 0. The third-order valence-corrected chi connectivity index (χ3v) is 5.68. The molecule has 0 radical (unpaired) electrons. The zero-order chi connectivity index (χ0) is 16.2. The molecule has 2 aromatic heterocycles. The molecule has 1 saturated heterocycles. The molecule has 0 aliphatic carbocycles. The number of H-pyrrole nitrogens is 1. The average molecular weight is 372 g/mol. The second-order valence-electron chi connectivity index (χ2n) is 5.35. The zero-order valence-electron chi connectivity index (χ0n) is 12.8. The molecule has 6 nitrogen and oxygen atoms in total. The Morgan fingerprint density at radius 3 is 2.78 bits per heavy atom. The molecule has 0 atom stereocenters. The summed E-state index contributed by atoms with van der Waals surface area (Å²) in [5, 5.41) is 7.44. The van der Waals surface area contributed by atoms with Gasteiger partial charge in [-0.1, -0.05) is 23.4 Å². The van der Waals surface area contributed by atoms with Crippen LogP contribution in [0.2, 0.25) is 4.34 Å². The van der Waals surface area contributed by atoms with E-state index >= 15 is 0 Å². The molecule has 9 heteroatoms. The van der Waals surface area contributed by atoms with Crippen molar-refractivity contribution in [1.29, 1.82) is 0 Å². The highest BCUT2D eigenvalue weighted by molar-refractivity contribution is 7.99. The number of carbonyl (C=O) groups is 1. The molecule has 1 aliphatic heterocycles. The van der Waals surface area contributed by atoms with E-state index in [9.17, 15) is 4.79 Å². The van der Waals surface area contributed by atoms with Crippen molar-refractivity contribution < 1.29 is 4.79 Å². The first-order valence-corrected chi connectivity index (χ1v) is 9.54. The molecule has 1 amide bonds. The summed E-state index contributed by atoms with van der Waals surface area (Å²) < 4.78 is 0.827. The number of aromatic amines is 1. The number of aromatic nitrogens is 3. The van der Waals surface area contributed by atoms with Crippen LogP contribution in [-0.4, -0.2) is 62.8 Å². The topological polar surface area (TPSA) is 65.1 Å². The third kappa shape index (κ3) is 4.69. The van der Waals surface area contributed by atoms with Crippen molar-refractivity contribution in [2.75, 3.05) is 31.9 Å². The van der Waals surface area contributed by atoms with Crippen molar-refractivity contribution in [2.24, 2.45) is 0 Å². The van der Waals surface area contributed by atoms with E-state index in [2.05, 4.69) is 26.1 Å². The van der Waals surface area contributed by atoms with E-state index in [-0.39, 0.29) is 5.91 Å². The zero-order valence-corrected chi connectivity index (χ0v) is 15.2. The molecule has 1 aliphatic rings. The summed E-state index contributed by atoms with van der Waals surface area (Å²) in [5.41, 5.74) is 0. The van der Waals surface area contributed by atoms with Gasteiger partial charge in [-0.05, 0) is 19.1 Å². The van der Waals surface area contributed by atoms with E-state index in [1.165, 1.54) is 16.6 Å². The van der Waals surface area contributed by atoms with E-state index < -0.39 is 0 Å². The van der Waals surface area contributed by atoms with E-state index in [0.717, 1.165) is 42.9 Å². The fourth-order valence-corrected chi connectivity index (χ4v) is 4.29. The van der Waals surface area contributed by atoms with E-state index in [4.69, 9.17) is 11.6 Å². The van der Waals surface area contributed by atoms with E-state index in [1.54, 1.807) is 11.3 Å². The maximum Gasteiger partial charge on any atom is 0.233 e. The summed E-state index contributed by atoms with van der Waals surface area (Å²) in [6, 6.07) is 4.00. The van der Waals surface area contributed by atoms with Crippen molar-refractivity contribution in [1.82, 2.24) is 25.0 Å². The first kappa shape index (κ1) is 16.8. The maximum absolute atomic E-state index is 12.3. The van der Waals surface area contributed by atoms with Gasteiger partial charge in [0.1, 0.15) is 5.82 Å². The number of hydrogen-bond donors (Lipinski definition) is 1. The van der Waals surface area contributed by atoms with Crippen LogP contribution in [0.4, 0.5) is 0 Å². The molecule has 1 N–H and O–H groups in total. The lowest BCUT2D eigenvalue weighted by Crippen LogP contribution is -2.48. The minimum absolute atomic E-state index is 0.149. The van der Waals surface area contributed by atoms with Crippen molar-refractivity contribution >= 4 is 40.6 Å². The fraction of sp³-hybridized carbons (Fsp3) is 0.500. The van der Waals surface area contributed by atoms with Crippen molar-refractivity contribution in [2.45, 2.75) is 18.6 Å². The number of rotatable bonds is 5. The van der Waals surface area contributed by atoms with Crippen LogP contribution in [0.5, 0.6) is 0 Å². The van der Waals surface area contributed by atoms with Crippen molar-refractivity contribution in [3.05, 3.63) is 27.2 Å². The lowest BCUT2D eigenvalue weighted by Gasteiger charge is -2.34. The number of nitrogens with zero attached hydrogens (tertiary/aromatic N) is 4. The summed E-state index contributed by atoms with van der Waals surface area (Å²) in [6.45, 7) is 6.08. The number of thioether (sulfide) groups is 1. The van der Waals surface area contributed by atoms with Gasteiger partial charge < -0.3 is 4.90 Å². The van der Waals surface area contributed by atoms with Gasteiger partial charge >= 0.3 is 0 Å². The molecular formula is C14H18ClN5OS2. The third-order valence-electron chi connectivity index (χ3n) is 3.63. The molecule has 1 fully saturated rings. The van der Waals surface area contributed by atoms with Gasteiger partial charge in [0.05, 0.1) is 10.1 Å². The molecular weight excluding hydrogens is 354 g/mol. The molecule has 0 bridgehead atoms. The van der Waals surface area contributed by atoms with E-state index in [1.807, 2.05) is 17.9 Å².